The summed E-state index contributed by atoms with van der Waals surface area (Å²) in [4.78, 5) is 0. The highest BCUT2D eigenvalue weighted by molar-refractivity contribution is 5.48. The molecule has 0 aliphatic carbocycles. The van der Waals surface area contributed by atoms with E-state index in [4.69, 9.17) is 4.74 Å². The molecule has 0 fully saturated rings. The van der Waals surface area contributed by atoms with Crippen molar-refractivity contribution in [2.75, 3.05) is 11.9 Å². The van der Waals surface area contributed by atoms with Crippen molar-refractivity contribution >= 4 is 5.69 Å². The Morgan fingerprint density at radius 1 is 1.10 bits per heavy atom. The minimum atomic E-state index is -0.209. The second-order valence-electron chi connectivity index (χ2n) is 5.54. The first-order valence-electron chi connectivity index (χ1n) is 7.34. The molecule has 0 amide bonds. The fourth-order valence-electron chi connectivity index (χ4n) is 1.91. The molecule has 0 saturated heterocycles. The van der Waals surface area contributed by atoms with Crippen LogP contribution in [-0.2, 0) is 6.54 Å². The molecular weight excluding hydrogens is 265 g/mol. The highest BCUT2D eigenvalue weighted by Crippen LogP contribution is 2.18. The molecule has 0 aromatic heterocycles. The highest BCUT2D eigenvalue weighted by atomic mass is 19.1. The normalized spacial score (nSPS) is 10.7. The molecule has 3 heteroatoms. The molecule has 2 rings (SSSR count). The van der Waals surface area contributed by atoms with Gasteiger partial charge in [-0.25, -0.2) is 4.39 Å². The average Bonchev–Trinajstić information content (AvgIpc) is 2.47. The lowest BCUT2D eigenvalue weighted by molar-refractivity contribution is 0.289. The number of hydrogen-bond acceptors (Lipinski definition) is 2. The topological polar surface area (TPSA) is 21.3 Å². The summed E-state index contributed by atoms with van der Waals surface area (Å²) < 4.78 is 18.6. The standard InChI is InChI=1S/C18H22FNO/c1-14(2)10-11-21-18-5-3-4-17(12-18)20-13-15-6-8-16(19)9-7-15/h3-9,12,14,20H,10-11,13H2,1-2H3. The average molecular weight is 287 g/mol. The molecule has 0 atom stereocenters. The van der Waals surface area contributed by atoms with Crippen LogP contribution in [0.1, 0.15) is 25.8 Å². The van der Waals surface area contributed by atoms with Crippen LogP contribution in [0.3, 0.4) is 0 Å². The first-order chi connectivity index (χ1) is 10.1. The molecule has 0 aliphatic rings. The van der Waals surface area contributed by atoms with Crippen molar-refractivity contribution in [3.05, 3.63) is 59.9 Å². The maximum absolute atomic E-state index is 12.8. The third-order valence-corrected chi connectivity index (χ3v) is 3.21. The fraction of sp³-hybridized carbons (Fsp3) is 0.333. The quantitative estimate of drug-likeness (QED) is 0.785. The zero-order valence-electron chi connectivity index (χ0n) is 12.6. The molecule has 2 aromatic carbocycles. The minimum absolute atomic E-state index is 0.209. The largest absolute Gasteiger partial charge is 0.494 e. The lowest BCUT2D eigenvalue weighted by atomic mass is 10.1. The van der Waals surface area contributed by atoms with E-state index in [2.05, 4.69) is 19.2 Å². The third kappa shape index (κ3) is 5.46. The monoisotopic (exact) mass is 287 g/mol. The molecule has 0 unspecified atom stereocenters. The Hall–Kier alpha value is -2.03. The van der Waals surface area contributed by atoms with Crippen molar-refractivity contribution in [2.45, 2.75) is 26.8 Å². The molecule has 0 bridgehead atoms. The molecule has 0 radical (unpaired) electrons. The number of benzene rings is 2. The van der Waals surface area contributed by atoms with Gasteiger partial charge >= 0.3 is 0 Å². The maximum Gasteiger partial charge on any atom is 0.123 e. The van der Waals surface area contributed by atoms with Crippen LogP contribution in [0.5, 0.6) is 5.75 Å². The van der Waals surface area contributed by atoms with Crippen LogP contribution in [0.2, 0.25) is 0 Å². The van der Waals surface area contributed by atoms with Crippen LogP contribution in [-0.4, -0.2) is 6.61 Å². The summed E-state index contributed by atoms with van der Waals surface area (Å²) >= 11 is 0. The molecular formula is C18H22FNO. The minimum Gasteiger partial charge on any atom is -0.494 e. The van der Waals surface area contributed by atoms with Crippen LogP contribution in [0, 0.1) is 11.7 Å². The Morgan fingerprint density at radius 3 is 2.57 bits per heavy atom. The second-order valence-corrected chi connectivity index (χ2v) is 5.54. The van der Waals surface area contributed by atoms with Gasteiger partial charge in [0.1, 0.15) is 11.6 Å². The zero-order chi connectivity index (χ0) is 15.1. The van der Waals surface area contributed by atoms with E-state index in [1.165, 1.54) is 12.1 Å². The van der Waals surface area contributed by atoms with E-state index >= 15 is 0 Å². The van der Waals surface area contributed by atoms with E-state index in [9.17, 15) is 4.39 Å². The van der Waals surface area contributed by atoms with Gasteiger partial charge in [-0.3, -0.25) is 0 Å². The number of ether oxygens (including phenoxy) is 1. The molecule has 2 nitrogen and oxygen atoms in total. The van der Waals surface area contributed by atoms with Crippen molar-refractivity contribution in [3.8, 4) is 5.75 Å². The smallest absolute Gasteiger partial charge is 0.123 e. The summed E-state index contributed by atoms with van der Waals surface area (Å²) in [7, 11) is 0. The van der Waals surface area contributed by atoms with Gasteiger partial charge in [0.25, 0.3) is 0 Å². The van der Waals surface area contributed by atoms with E-state index < -0.39 is 0 Å². The number of nitrogens with one attached hydrogen (secondary N) is 1. The molecule has 0 heterocycles. The van der Waals surface area contributed by atoms with Gasteiger partial charge in [0.15, 0.2) is 0 Å². The van der Waals surface area contributed by atoms with Crippen molar-refractivity contribution in [2.24, 2.45) is 5.92 Å². The predicted octanol–water partition coefficient (Wildman–Crippen LogP) is 4.86. The Morgan fingerprint density at radius 2 is 1.86 bits per heavy atom. The highest BCUT2D eigenvalue weighted by Gasteiger charge is 1.99. The molecule has 2 aromatic rings. The van der Waals surface area contributed by atoms with Crippen molar-refractivity contribution in [1.82, 2.24) is 0 Å². The summed E-state index contributed by atoms with van der Waals surface area (Å²) in [5, 5.41) is 3.32. The first-order valence-corrected chi connectivity index (χ1v) is 7.34. The number of halogens is 1. The Balaban J connectivity index is 1.87. The number of rotatable bonds is 7. The molecule has 0 aliphatic heterocycles. The zero-order valence-corrected chi connectivity index (χ0v) is 12.6. The third-order valence-electron chi connectivity index (χ3n) is 3.21. The second kappa shape index (κ2) is 7.67. The summed E-state index contributed by atoms with van der Waals surface area (Å²) in [6.45, 7) is 5.77. The van der Waals surface area contributed by atoms with Crippen LogP contribution < -0.4 is 10.1 Å². The first kappa shape index (κ1) is 15.4. The molecule has 0 saturated carbocycles. The summed E-state index contributed by atoms with van der Waals surface area (Å²) in [6.07, 6.45) is 1.05. The van der Waals surface area contributed by atoms with Crippen molar-refractivity contribution in [3.63, 3.8) is 0 Å². The lowest BCUT2D eigenvalue weighted by Gasteiger charge is -2.11. The van der Waals surface area contributed by atoms with Gasteiger partial charge in [-0.1, -0.05) is 32.0 Å². The van der Waals surface area contributed by atoms with E-state index in [0.717, 1.165) is 30.0 Å². The summed E-state index contributed by atoms with van der Waals surface area (Å²) in [5.41, 5.74) is 2.05. The van der Waals surface area contributed by atoms with E-state index in [-0.39, 0.29) is 5.82 Å². The number of anilines is 1. The fourth-order valence-corrected chi connectivity index (χ4v) is 1.91. The van der Waals surface area contributed by atoms with Gasteiger partial charge < -0.3 is 10.1 Å². The van der Waals surface area contributed by atoms with E-state index in [1.54, 1.807) is 12.1 Å². The van der Waals surface area contributed by atoms with Crippen LogP contribution in [0.15, 0.2) is 48.5 Å². The predicted molar refractivity (Wildman–Crippen MR) is 85.1 cm³/mol. The molecule has 1 N–H and O–H groups in total. The molecule has 0 spiro atoms. The van der Waals surface area contributed by atoms with Crippen molar-refractivity contribution in [1.29, 1.82) is 0 Å². The van der Waals surface area contributed by atoms with Gasteiger partial charge in [-0.05, 0) is 42.2 Å². The Kier molecular flexibility index (Phi) is 5.61. The number of hydrogen-bond donors (Lipinski definition) is 1. The summed E-state index contributed by atoms with van der Waals surface area (Å²) in [5.74, 6) is 1.31. The van der Waals surface area contributed by atoms with E-state index in [1.807, 2.05) is 24.3 Å². The molecule has 21 heavy (non-hydrogen) atoms. The Labute approximate surface area is 126 Å². The van der Waals surface area contributed by atoms with Crippen LogP contribution in [0.25, 0.3) is 0 Å². The maximum atomic E-state index is 12.8. The van der Waals surface area contributed by atoms with Crippen LogP contribution >= 0.6 is 0 Å². The molecule has 112 valence electrons. The van der Waals surface area contributed by atoms with Gasteiger partial charge in [0, 0.05) is 18.3 Å². The Bertz CT molecular complexity index is 551. The van der Waals surface area contributed by atoms with Crippen LogP contribution in [0.4, 0.5) is 10.1 Å². The SMILES string of the molecule is CC(C)CCOc1cccc(NCc2ccc(F)cc2)c1. The van der Waals surface area contributed by atoms with Crippen molar-refractivity contribution < 1.29 is 9.13 Å². The van der Waals surface area contributed by atoms with Gasteiger partial charge in [0.2, 0.25) is 0 Å². The van der Waals surface area contributed by atoms with Gasteiger partial charge in [-0.2, -0.15) is 0 Å². The van der Waals surface area contributed by atoms with Gasteiger partial charge in [0.05, 0.1) is 6.61 Å². The van der Waals surface area contributed by atoms with E-state index in [0.29, 0.717) is 12.5 Å². The van der Waals surface area contributed by atoms with Gasteiger partial charge in [-0.15, -0.1) is 0 Å². The summed E-state index contributed by atoms with van der Waals surface area (Å²) in [6, 6.07) is 14.4. The lowest BCUT2D eigenvalue weighted by Crippen LogP contribution is -2.02.